The first kappa shape index (κ1) is 13.7. The van der Waals surface area contributed by atoms with E-state index >= 15 is 0 Å². The summed E-state index contributed by atoms with van der Waals surface area (Å²) in [6, 6.07) is 7.40. The van der Waals surface area contributed by atoms with Gasteiger partial charge in [0.05, 0.1) is 6.61 Å². The Labute approximate surface area is 114 Å². The van der Waals surface area contributed by atoms with E-state index in [1.807, 2.05) is 36.1 Å². The van der Waals surface area contributed by atoms with E-state index in [-0.39, 0.29) is 12.5 Å². The Balaban J connectivity index is 1.83. The highest BCUT2D eigenvalue weighted by atomic mass is 16.5. The molecule has 19 heavy (non-hydrogen) atoms. The second-order valence-corrected chi connectivity index (χ2v) is 4.64. The minimum atomic E-state index is 0.0708. The highest BCUT2D eigenvalue weighted by molar-refractivity contribution is 5.77. The average Bonchev–Trinajstić information content (AvgIpc) is 2.46. The Morgan fingerprint density at radius 2 is 1.84 bits per heavy atom. The highest BCUT2D eigenvalue weighted by Gasteiger charge is 2.16. The van der Waals surface area contributed by atoms with Gasteiger partial charge in [-0.15, -0.1) is 0 Å². The van der Waals surface area contributed by atoms with Gasteiger partial charge < -0.3 is 14.4 Å². The number of benzene rings is 1. The smallest absolute Gasteiger partial charge is 0.260 e. The fourth-order valence-corrected chi connectivity index (χ4v) is 2.20. The first-order chi connectivity index (χ1) is 9.29. The van der Waals surface area contributed by atoms with Crippen molar-refractivity contribution in [3.8, 4) is 11.5 Å². The van der Waals surface area contributed by atoms with Crippen LogP contribution in [0.25, 0.3) is 0 Å². The summed E-state index contributed by atoms with van der Waals surface area (Å²) >= 11 is 0. The standard InChI is InChI=1S/C15H21NO3/c1-2-18-13-7-6-8-14(11-13)19-12-15(17)16-9-4-3-5-10-16/h6-8,11H,2-5,9-10,12H2,1H3. The Kier molecular flexibility index (Phi) is 5.07. The van der Waals surface area contributed by atoms with Crippen molar-refractivity contribution in [1.82, 2.24) is 4.90 Å². The number of carbonyl (C=O) groups excluding carboxylic acids is 1. The molecule has 0 atom stereocenters. The zero-order valence-corrected chi connectivity index (χ0v) is 11.4. The lowest BCUT2D eigenvalue weighted by molar-refractivity contribution is -0.134. The van der Waals surface area contributed by atoms with Gasteiger partial charge >= 0.3 is 0 Å². The maximum Gasteiger partial charge on any atom is 0.260 e. The number of hydrogen-bond donors (Lipinski definition) is 0. The molecule has 1 aromatic carbocycles. The average molecular weight is 263 g/mol. The molecule has 104 valence electrons. The summed E-state index contributed by atoms with van der Waals surface area (Å²) in [5, 5.41) is 0. The van der Waals surface area contributed by atoms with E-state index in [4.69, 9.17) is 9.47 Å². The van der Waals surface area contributed by atoms with Crippen LogP contribution in [-0.4, -0.2) is 37.1 Å². The summed E-state index contributed by atoms with van der Waals surface area (Å²) in [6.07, 6.45) is 3.43. The van der Waals surface area contributed by atoms with Crippen molar-refractivity contribution in [3.63, 3.8) is 0 Å². The number of nitrogens with zero attached hydrogens (tertiary/aromatic N) is 1. The summed E-state index contributed by atoms with van der Waals surface area (Å²) in [5.41, 5.74) is 0. The van der Waals surface area contributed by atoms with Crippen LogP contribution < -0.4 is 9.47 Å². The molecule has 2 rings (SSSR count). The van der Waals surface area contributed by atoms with Crippen LogP contribution in [0, 0.1) is 0 Å². The molecule has 0 aromatic heterocycles. The van der Waals surface area contributed by atoms with Gasteiger partial charge in [0.1, 0.15) is 11.5 Å². The van der Waals surface area contributed by atoms with Crippen LogP contribution in [0.3, 0.4) is 0 Å². The van der Waals surface area contributed by atoms with Crippen LogP contribution in [0.4, 0.5) is 0 Å². The second-order valence-electron chi connectivity index (χ2n) is 4.64. The summed E-state index contributed by atoms with van der Waals surface area (Å²) in [5.74, 6) is 1.52. The van der Waals surface area contributed by atoms with Gasteiger partial charge in [-0.05, 0) is 38.3 Å². The molecule has 4 heteroatoms. The molecule has 0 radical (unpaired) electrons. The molecular weight excluding hydrogens is 242 g/mol. The third-order valence-electron chi connectivity index (χ3n) is 3.19. The zero-order valence-electron chi connectivity index (χ0n) is 11.4. The number of piperidine rings is 1. The molecule has 0 N–H and O–H groups in total. The van der Waals surface area contributed by atoms with E-state index in [9.17, 15) is 4.79 Å². The maximum absolute atomic E-state index is 12.0. The maximum atomic E-state index is 12.0. The monoisotopic (exact) mass is 263 g/mol. The van der Waals surface area contributed by atoms with Gasteiger partial charge in [-0.1, -0.05) is 6.07 Å². The molecule has 1 aliphatic rings. The number of carbonyl (C=O) groups is 1. The van der Waals surface area contributed by atoms with Gasteiger partial charge in [0, 0.05) is 19.2 Å². The molecule has 4 nitrogen and oxygen atoms in total. The molecule has 1 aliphatic heterocycles. The van der Waals surface area contributed by atoms with Gasteiger partial charge in [-0.2, -0.15) is 0 Å². The lowest BCUT2D eigenvalue weighted by atomic mass is 10.1. The van der Waals surface area contributed by atoms with Crippen LogP contribution in [0.5, 0.6) is 11.5 Å². The Morgan fingerprint density at radius 1 is 1.16 bits per heavy atom. The van der Waals surface area contributed by atoms with E-state index < -0.39 is 0 Å². The van der Waals surface area contributed by atoms with Crippen LogP contribution in [0.15, 0.2) is 24.3 Å². The van der Waals surface area contributed by atoms with Gasteiger partial charge in [-0.25, -0.2) is 0 Å². The van der Waals surface area contributed by atoms with Crippen molar-refractivity contribution in [1.29, 1.82) is 0 Å². The topological polar surface area (TPSA) is 38.8 Å². The number of hydrogen-bond acceptors (Lipinski definition) is 3. The summed E-state index contributed by atoms with van der Waals surface area (Å²) in [7, 11) is 0. The summed E-state index contributed by atoms with van der Waals surface area (Å²) < 4.78 is 10.9. The van der Waals surface area contributed by atoms with Crippen molar-refractivity contribution >= 4 is 5.91 Å². The lowest BCUT2D eigenvalue weighted by Crippen LogP contribution is -2.38. The molecule has 1 aromatic rings. The van der Waals surface area contributed by atoms with Crippen LogP contribution in [0.2, 0.25) is 0 Å². The molecule has 0 bridgehead atoms. The predicted octanol–water partition coefficient (Wildman–Crippen LogP) is 2.48. The first-order valence-corrected chi connectivity index (χ1v) is 6.93. The molecule has 1 fully saturated rings. The third-order valence-corrected chi connectivity index (χ3v) is 3.19. The molecule has 0 aliphatic carbocycles. The number of amides is 1. The normalized spacial score (nSPS) is 15.1. The fourth-order valence-electron chi connectivity index (χ4n) is 2.20. The van der Waals surface area contributed by atoms with Gasteiger partial charge in [-0.3, -0.25) is 4.79 Å². The van der Waals surface area contributed by atoms with Crippen molar-refractivity contribution in [3.05, 3.63) is 24.3 Å². The molecule has 0 saturated carbocycles. The number of likely N-dealkylation sites (tertiary alicyclic amines) is 1. The largest absolute Gasteiger partial charge is 0.494 e. The van der Waals surface area contributed by atoms with E-state index in [1.165, 1.54) is 6.42 Å². The van der Waals surface area contributed by atoms with E-state index in [1.54, 1.807) is 0 Å². The molecule has 0 unspecified atom stereocenters. The lowest BCUT2D eigenvalue weighted by Gasteiger charge is -2.26. The van der Waals surface area contributed by atoms with Gasteiger partial charge in [0.25, 0.3) is 5.91 Å². The van der Waals surface area contributed by atoms with Crippen molar-refractivity contribution < 1.29 is 14.3 Å². The third kappa shape index (κ3) is 4.16. The first-order valence-electron chi connectivity index (χ1n) is 6.93. The Hall–Kier alpha value is -1.71. The number of rotatable bonds is 5. The SMILES string of the molecule is CCOc1cccc(OCC(=O)N2CCCCC2)c1. The van der Waals surface area contributed by atoms with Crippen LogP contribution in [0.1, 0.15) is 26.2 Å². The van der Waals surface area contributed by atoms with E-state index in [0.717, 1.165) is 31.7 Å². The molecule has 0 spiro atoms. The summed E-state index contributed by atoms with van der Waals surface area (Å²) in [6.45, 7) is 4.39. The Morgan fingerprint density at radius 3 is 2.53 bits per heavy atom. The molecule has 1 heterocycles. The van der Waals surface area contributed by atoms with E-state index in [0.29, 0.717) is 12.4 Å². The minimum Gasteiger partial charge on any atom is -0.494 e. The minimum absolute atomic E-state index is 0.0708. The van der Waals surface area contributed by atoms with Crippen molar-refractivity contribution in [2.45, 2.75) is 26.2 Å². The van der Waals surface area contributed by atoms with Gasteiger partial charge in [0.15, 0.2) is 6.61 Å². The van der Waals surface area contributed by atoms with Crippen LogP contribution >= 0.6 is 0 Å². The fraction of sp³-hybridized carbons (Fsp3) is 0.533. The highest BCUT2D eigenvalue weighted by Crippen LogP contribution is 2.19. The molecule has 1 saturated heterocycles. The molecule has 1 amide bonds. The number of ether oxygens (including phenoxy) is 2. The second kappa shape index (κ2) is 7.02. The quantitative estimate of drug-likeness (QED) is 0.819. The predicted molar refractivity (Wildman–Crippen MR) is 73.5 cm³/mol. The van der Waals surface area contributed by atoms with Crippen molar-refractivity contribution in [2.75, 3.05) is 26.3 Å². The van der Waals surface area contributed by atoms with Crippen LogP contribution in [-0.2, 0) is 4.79 Å². The summed E-state index contributed by atoms with van der Waals surface area (Å²) in [4.78, 5) is 13.8. The van der Waals surface area contributed by atoms with Gasteiger partial charge in [0.2, 0.25) is 0 Å². The van der Waals surface area contributed by atoms with Crippen molar-refractivity contribution in [2.24, 2.45) is 0 Å². The molecular formula is C15H21NO3. The zero-order chi connectivity index (χ0) is 13.5. The van der Waals surface area contributed by atoms with E-state index in [2.05, 4.69) is 0 Å². The Bertz CT molecular complexity index is 414.